The Morgan fingerprint density at radius 1 is 1.32 bits per heavy atom. The summed E-state index contributed by atoms with van der Waals surface area (Å²) >= 11 is 6.01. The van der Waals surface area contributed by atoms with E-state index in [4.69, 9.17) is 11.6 Å². The molecule has 2 aromatic rings. The number of nitrogens with zero attached hydrogens (tertiary/aromatic N) is 4. The summed E-state index contributed by atoms with van der Waals surface area (Å²) in [5.74, 6) is 0.763. The second-order valence-corrected chi connectivity index (χ2v) is 5.92. The van der Waals surface area contributed by atoms with Gasteiger partial charge in [0.05, 0.1) is 17.1 Å². The van der Waals surface area contributed by atoms with E-state index in [0.717, 1.165) is 36.2 Å². The van der Waals surface area contributed by atoms with Crippen LogP contribution < -0.4 is 5.32 Å². The molecule has 2 heterocycles. The minimum absolute atomic E-state index is 0.139. The lowest BCUT2D eigenvalue weighted by molar-refractivity contribution is 0.366. The number of hydrogen-bond donors (Lipinski definition) is 1. The first-order chi connectivity index (χ1) is 8.93. The van der Waals surface area contributed by atoms with Crippen molar-refractivity contribution >= 4 is 28.5 Å². The summed E-state index contributed by atoms with van der Waals surface area (Å²) in [6.45, 7) is 9.28. The standard InChI is InChI=1S/C13H20ClN5/c1-5-6-7-15-10-9-8-16-19(13(2,3)4)11(9)18-12(14)17-10/h8H,5-7H2,1-4H3,(H,15,17,18). The maximum Gasteiger partial charge on any atom is 0.226 e. The molecule has 0 fully saturated rings. The van der Waals surface area contributed by atoms with E-state index in [1.165, 1.54) is 0 Å². The fourth-order valence-corrected chi connectivity index (χ4v) is 2.06. The van der Waals surface area contributed by atoms with Crippen LogP contribution in [0.2, 0.25) is 5.28 Å². The molecule has 0 atom stereocenters. The zero-order valence-electron chi connectivity index (χ0n) is 11.9. The molecule has 0 saturated carbocycles. The topological polar surface area (TPSA) is 55.6 Å². The normalized spacial score (nSPS) is 12.1. The minimum atomic E-state index is -0.139. The third kappa shape index (κ3) is 2.97. The van der Waals surface area contributed by atoms with Gasteiger partial charge in [0.1, 0.15) is 5.82 Å². The first kappa shape index (κ1) is 14.1. The first-order valence-corrected chi connectivity index (χ1v) is 6.97. The second kappa shape index (κ2) is 5.33. The number of aromatic nitrogens is 4. The number of hydrogen-bond acceptors (Lipinski definition) is 4. The molecule has 2 aromatic heterocycles. The maximum absolute atomic E-state index is 6.01. The SMILES string of the molecule is CCCCNc1nc(Cl)nc2c1cnn2C(C)(C)C. The molecular weight excluding hydrogens is 262 g/mol. The van der Waals surface area contributed by atoms with Crippen molar-refractivity contribution in [3.05, 3.63) is 11.5 Å². The lowest BCUT2D eigenvalue weighted by atomic mass is 10.1. The van der Waals surface area contributed by atoms with Crippen LogP contribution in [0.25, 0.3) is 11.0 Å². The van der Waals surface area contributed by atoms with Crippen molar-refractivity contribution < 1.29 is 0 Å². The monoisotopic (exact) mass is 281 g/mol. The van der Waals surface area contributed by atoms with Crippen molar-refractivity contribution in [2.24, 2.45) is 0 Å². The fourth-order valence-electron chi connectivity index (χ4n) is 1.89. The zero-order chi connectivity index (χ0) is 14.0. The Morgan fingerprint density at radius 2 is 2.05 bits per heavy atom. The van der Waals surface area contributed by atoms with E-state index in [2.05, 4.69) is 48.1 Å². The molecule has 0 aromatic carbocycles. The van der Waals surface area contributed by atoms with Crippen molar-refractivity contribution in [2.45, 2.75) is 46.1 Å². The highest BCUT2D eigenvalue weighted by Gasteiger charge is 2.20. The molecule has 2 rings (SSSR count). The van der Waals surface area contributed by atoms with E-state index in [0.29, 0.717) is 0 Å². The predicted octanol–water partition coefficient (Wildman–Crippen LogP) is 3.45. The van der Waals surface area contributed by atoms with Crippen LogP contribution in [0.15, 0.2) is 6.20 Å². The van der Waals surface area contributed by atoms with Gasteiger partial charge in [-0.05, 0) is 38.8 Å². The van der Waals surface area contributed by atoms with Gasteiger partial charge in [-0.25, -0.2) is 4.68 Å². The molecule has 0 aliphatic rings. The van der Waals surface area contributed by atoms with Gasteiger partial charge in [-0.15, -0.1) is 0 Å². The summed E-state index contributed by atoms with van der Waals surface area (Å²) in [5, 5.41) is 8.88. The molecule has 0 aliphatic heterocycles. The third-order valence-electron chi connectivity index (χ3n) is 2.86. The van der Waals surface area contributed by atoms with Gasteiger partial charge in [0.25, 0.3) is 0 Å². The molecule has 0 bridgehead atoms. The number of anilines is 1. The Morgan fingerprint density at radius 3 is 2.68 bits per heavy atom. The summed E-state index contributed by atoms with van der Waals surface area (Å²) in [7, 11) is 0. The molecule has 1 N–H and O–H groups in total. The van der Waals surface area contributed by atoms with Crippen LogP contribution in [0.3, 0.4) is 0 Å². The molecule has 0 spiro atoms. The highest BCUT2D eigenvalue weighted by Crippen LogP contribution is 2.26. The average Bonchev–Trinajstić information content (AvgIpc) is 2.72. The van der Waals surface area contributed by atoms with Gasteiger partial charge in [-0.2, -0.15) is 15.1 Å². The summed E-state index contributed by atoms with van der Waals surface area (Å²) < 4.78 is 1.88. The lowest BCUT2D eigenvalue weighted by Crippen LogP contribution is -2.23. The van der Waals surface area contributed by atoms with Crippen molar-refractivity contribution in [2.75, 3.05) is 11.9 Å². The molecule has 5 nitrogen and oxygen atoms in total. The highest BCUT2D eigenvalue weighted by molar-refractivity contribution is 6.28. The van der Waals surface area contributed by atoms with Gasteiger partial charge in [0, 0.05) is 6.54 Å². The van der Waals surface area contributed by atoms with E-state index in [1.54, 1.807) is 6.20 Å². The Bertz CT molecular complexity index is 570. The quantitative estimate of drug-likeness (QED) is 0.689. The summed E-state index contributed by atoms with van der Waals surface area (Å²) in [5.41, 5.74) is 0.631. The van der Waals surface area contributed by atoms with Crippen molar-refractivity contribution in [1.82, 2.24) is 19.7 Å². The molecule has 0 aliphatic carbocycles. The number of unbranched alkanes of at least 4 members (excludes halogenated alkanes) is 1. The maximum atomic E-state index is 6.01. The van der Waals surface area contributed by atoms with Crippen molar-refractivity contribution in [1.29, 1.82) is 0 Å². The van der Waals surface area contributed by atoms with Crippen molar-refractivity contribution in [3.8, 4) is 0 Å². The van der Waals surface area contributed by atoms with Crippen LogP contribution >= 0.6 is 11.6 Å². The Kier molecular flexibility index (Phi) is 3.94. The molecule has 0 saturated heterocycles. The Hall–Kier alpha value is -1.36. The van der Waals surface area contributed by atoms with Crippen LogP contribution in [0.1, 0.15) is 40.5 Å². The number of halogens is 1. The minimum Gasteiger partial charge on any atom is -0.369 e. The zero-order valence-corrected chi connectivity index (χ0v) is 12.6. The van der Waals surface area contributed by atoms with Crippen LogP contribution in [-0.2, 0) is 5.54 Å². The Labute approximate surface area is 118 Å². The molecule has 0 radical (unpaired) electrons. The van der Waals surface area contributed by atoms with Gasteiger partial charge >= 0.3 is 0 Å². The van der Waals surface area contributed by atoms with Gasteiger partial charge in [-0.3, -0.25) is 0 Å². The van der Waals surface area contributed by atoms with Gasteiger partial charge in [0.2, 0.25) is 5.28 Å². The second-order valence-electron chi connectivity index (χ2n) is 5.59. The lowest BCUT2D eigenvalue weighted by Gasteiger charge is -2.19. The molecule has 104 valence electrons. The third-order valence-corrected chi connectivity index (χ3v) is 3.03. The molecule has 19 heavy (non-hydrogen) atoms. The predicted molar refractivity (Wildman–Crippen MR) is 78.7 cm³/mol. The number of fused-ring (bicyclic) bond motifs is 1. The average molecular weight is 282 g/mol. The van der Waals surface area contributed by atoms with Crippen LogP contribution in [0.4, 0.5) is 5.82 Å². The molecule has 0 amide bonds. The highest BCUT2D eigenvalue weighted by atomic mass is 35.5. The van der Waals surface area contributed by atoms with E-state index in [1.807, 2.05) is 4.68 Å². The summed E-state index contributed by atoms with van der Waals surface area (Å²) in [6, 6.07) is 0. The van der Waals surface area contributed by atoms with Crippen LogP contribution in [0.5, 0.6) is 0 Å². The Balaban J connectivity index is 2.46. The summed E-state index contributed by atoms with van der Waals surface area (Å²) in [4.78, 5) is 8.56. The van der Waals surface area contributed by atoms with E-state index in [9.17, 15) is 0 Å². The van der Waals surface area contributed by atoms with E-state index >= 15 is 0 Å². The smallest absolute Gasteiger partial charge is 0.226 e. The largest absolute Gasteiger partial charge is 0.369 e. The number of rotatable bonds is 4. The molecular formula is C13H20ClN5. The first-order valence-electron chi connectivity index (χ1n) is 6.59. The van der Waals surface area contributed by atoms with Crippen LogP contribution in [0, 0.1) is 0 Å². The van der Waals surface area contributed by atoms with Gasteiger partial charge in [0.15, 0.2) is 5.65 Å². The summed E-state index contributed by atoms with van der Waals surface area (Å²) in [6.07, 6.45) is 4.03. The van der Waals surface area contributed by atoms with Gasteiger partial charge in [-0.1, -0.05) is 13.3 Å². The van der Waals surface area contributed by atoms with Crippen LogP contribution in [-0.4, -0.2) is 26.3 Å². The van der Waals surface area contributed by atoms with Crippen molar-refractivity contribution in [3.63, 3.8) is 0 Å². The molecule has 0 unspecified atom stereocenters. The van der Waals surface area contributed by atoms with E-state index < -0.39 is 0 Å². The van der Waals surface area contributed by atoms with Gasteiger partial charge < -0.3 is 5.32 Å². The number of nitrogens with one attached hydrogen (secondary N) is 1. The molecule has 6 heteroatoms. The van der Waals surface area contributed by atoms with E-state index in [-0.39, 0.29) is 10.8 Å². The fraction of sp³-hybridized carbons (Fsp3) is 0.615.